The number of halogens is 2. The fraction of sp³-hybridized carbons (Fsp3) is 0.188. The second-order valence-electron chi connectivity index (χ2n) is 4.92. The molecule has 2 aromatic heterocycles. The monoisotopic (exact) mass is 334 g/mol. The summed E-state index contributed by atoms with van der Waals surface area (Å²) in [6.45, 7) is 1.71. The van der Waals surface area contributed by atoms with Crippen molar-refractivity contribution in [3.63, 3.8) is 0 Å². The van der Waals surface area contributed by atoms with Crippen molar-refractivity contribution in [1.82, 2.24) is 9.71 Å². The first kappa shape index (κ1) is 15.9. The van der Waals surface area contributed by atoms with Gasteiger partial charge in [-0.15, -0.1) is 0 Å². The molecule has 0 aliphatic rings. The van der Waals surface area contributed by atoms with Gasteiger partial charge in [0.1, 0.15) is 12.7 Å². The van der Waals surface area contributed by atoms with E-state index in [1.54, 1.807) is 6.92 Å². The molecule has 0 unspecified atom stereocenters. The van der Waals surface area contributed by atoms with E-state index in [9.17, 15) is 18.4 Å². The van der Waals surface area contributed by atoms with Crippen LogP contribution in [0.2, 0.25) is 0 Å². The summed E-state index contributed by atoms with van der Waals surface area (Å²) < 4.78 is 32.7. The first-order chi connectivity index (χ1) is 11.5. The van der Waals surface area contributed by atoms with E-state index in [4.69, 9.17) is 9.57 Å². The topological polar surface area (TPSA) is 70.4 Å². The normalized spacial score (nSPS) is 11.0. The molecule has 0 saturated heterocycles. The third-order valence-electron chi connectivity index (χ3n) is 3.47. The average Bonchev–Trinajstić information content (AvgIpc) is 2.55. The summed E-state index contributed by atoms with van der Waals surface area (Å²) in [6.07, 6.45) is 1.15. The van der Waals surface area contributed by atoms with Gasteiger partial charge < -0.3 is 9.57 Å². The van der Waals surface area contributed by atoms with Gasteiger partial charge in [0.2, 0.25) is 5.43 Å². The predicted molar refractivity (Wildman–Crippen MR) is 81.9 cm³/mol. The van der Waals surface area contributed by atoms with Gasteiger partial charge in [0.15, 0.2) is 17.3 Å². The van der Waals surface area contributed by atoms with Crippen molar-refractivity contribution >= 4 is 27.9 Å². The van der Waals surface area contributed by atoms with Gasteiger partial charge >= 0.3 is 5.97 Å². The number of benzene rings is 1. The predicted octanol–water partition coefficient (Wildman–Crippen LogP) is 2.06. The number of aromatic nitrogens is 2. The highest BCUT2D eigenvalue weighted by atomic mass is 19.2. The zero-order valence-electron chi connectivity index (χ0n) is 12.8. The zero-order chi connectivity index (χ0) is 17.4. The molecule has 6 nitrogen and oxygen atoms in total. The molecule has 0 bridgehead atoms. The molecular formula is C16H12F2N2O4. The van der Waals surface area contributed by atoms with Crippen LogP contribution in [0.4, 0.5) is 8.78 Å². The van der Waals surface area contributed by atoms with Crippen molar-refractivity contribution in [2.45, 2.75) is 6.92 Å². The molecule has 0 spiro atoms. The summed E-state index contributed by atoms with van der Waals surface area (Å²) in [5.41, 5.74) is -0.643. The van der Waals surface area contributed by atoms with Crippen LogP contribution in [0.1, 0.15) is 17.3 Å². The molecule has 0 N–H and O–H groups in total. The quantitative estimate of drug-likeness (QED) is 0.542. The maximum atomic E-state index is 13.4. The molecule has 0 amide bonds. The van der Waals surface area contributed by atoms with E-state index in [0.717, 1.165) is 23.1 Å². The van der Waals surface area contributed by atoms with E-state index in [0.29, 0.717) is 0 Å². The lowest BCUT2D eigenvalue weighted by Gasteiger charge is -2.11. The smallest absolute Gasteiger partial charge is 0.343 e. The summed E-state index contributed by atoms with van der Waals surface area (Å²) in [7, 11) is 1.32. The Morgan fingerprint density at radius 3 is 2.62 bits per heavy atom. The van der Waals surface area contributed by atoms with Crippen LogP contribution in [-0.4, -0.2) is 29.4 Å². The molecule has 124 valence electrons. The highest BCUT2D eigenvalue weighted by Crippen LogP contribution is 2.21. The van der Waals surface area contributed by atoms with Gasteiger partial charge in [0, 0.05) is 11.5 Å². The fourth-order valence-corrected chi connectivity index (χ4v) is 2.37. The molecule has 0 fully saturated rings. The highest BCUT2D eigenvalue weighted by Gasteiger charge is 2.19. The first-order valence-corrected chi connectivity index (χ1v) is 7.03. The van der Waals surface area contributed by atoms with Gasteiger partial charge in [-0.1, -0.05) is 0 Å². The summed E-state index contributed by atoms with van der Waals surface area (Å²) in [6, 6.07) is 3.19. The Morgan fingerprint density at radius 2 is 1.96 bits per heavy atom. The molecule has 3 aromatic rings. The van der Waals surface area contributed by atoms with Crippen molar-refractivity contribution in [2.75, 3.05) is 13.7 Å². The van der Waals surface area contributed by atoms with E-state index in [1.165, 1.54) is 13.2 Å². The van der Waals surface area contributed by atoms with Crippen LogP contribution in [0.15, 0.2) is 29.2 Å². The number of hydrogen-bond donors (Lipinski definition) is 0. The number of esters is 1. The third kappa shape index (κ3) is 2.45. The lowest BCUT2D eigenvalue weighted by Crippen LogP contribution is -2.23. The average molecular weight is 334 g/mol. The van der Waals surface area contributed by atoms with Crippen LogP contribution in [0.25, 0.3) is 21.9 Å². The first-order valence-electron chi connectivity index (χ1n) is 7.03. The number of fused-ring (bicyclic) bond motifs is 2. The lowest BCUT2D eigenvalue weighted by atomic mass is 10.1. The molecule has 0 radical (unpaired) electrons. The van der Waals surface area contributed by atoms with Gasteiger partial charge in [0.05, 0.1) is 23.7 Å². The maximum Gasteiger partial charge on any atom is 0.343 e. The lowest BCUT2D eigenvalue weighted by molar-refractivity contribution is 0.0520. The number of hydrogen-bond acceptors (Lipinski definition) is 5. The Hall–Kier alpha value is -3.03. The highest BCUT2D eigenvalue weighted by molar-refractivity contribution is 5.96. The standard InChI is InChI=1S/C16H12F2N2O4/c1-3-24-16(22)10-7-20(23-2)15-9(14(10)21)4-8-5-11(17)12(18)6-13(8)19-15/h4-7H,3H2,1-2H3. The minimum absolute atomic E-state index is 0.0286. The summed E-state index contributed by atoms with van der Waals surface area (Å²) in [5, 5.41) is 0.253. The molecule has 0 aliphatic heterocycles. The van der Waals surface area contributed by atoms with Crippen molar-refractivity contribution < 1.29 is 23.1 Å². The van der Waals surface area contributed by atoms with Crippen LogP contribution in [0.5, 0.6) is 0 Å². The number of carbonyl (C=O) groups is 1. The van der Waals surface area contributed by atoms with Crippen molar-refractivity contribution in [3.05, 3.63) is 51.8 Å². The minimum Gasteiger partial charge on any atom is -0.462 e. The molecule has 24 heavy (non-hydrogen) atoms. The summed E-state index contributed by atoms with van der Waals surface area (Å²) in [5.74, 6) is -2.92. The molecule has 0 saturated carbocycles. The van der Waals surface area contributed by atoms with Gasteiger partial charge in [-0.3, -0.25) is 4.79 Å². The van der Waals surface area contributed by atoms with Gasteiger partial charge in [-0.25, -0.2) is 18.6 Å². The van der Waals surface area contributed by atoms with E-state index in [-0.39, 0.29) is 34.1 Å². The Kier molecular flexibility index (Phi) is 3.88. The molecule has 0 aliphatic carbocycles. The fourth-order valence-electron chi connectivity index (χ4n) is 2.37. The van der Waals surface area contributed by atoms with E-state index >= 15 is 0 Å². The number of rotatable bonds is 3. The molecule has 2 heterocycles. The SMILES string of the molecule is CCOC(=O)c1cn(OC)c2nc3cc(F)c(F)cc3cc2c1=O. The second kappa shape index (κ2) is 5.88. The van der Waals surface area contributed by atoms with Crippen LogP contribution < -0.4 is 10.3 Å². The number of ether oxygens (including phenoxy) is 1. The van der Waals surface area contributed by atoms with E-state index in [2.05, 4.69) is 4.98 Å². The maximum absolute atomic E-state index is 13.4. The molecule has 0 atom stereocenters. The number of pyridine rings is 2. The van der Waals surface area contributed by atoms with Gasteiger partial charge in [0.25, 0.3) is 0 Å². The molecule has 1 aromatic carbocycles. The Bertz CT molecular complexity index is 1030. The molecule has 3 rings (SSSR count). The number of nitrogens with zero attached hydrogens (tertiary/aromatic N) is 2. The summed E-state index contributed by atoms with van der Waals surface area (Å²) in [4.78, 5) is 33.7. The van der Waals surface area contributed by atoms with Gasteiger partial charge in [-0.2, -0.15) is 4.73 Å². The zero-order valence-corrected chi connectivity index (χ0v) is 12.8. The van der Waals surface area contributed by atoms with Crippen molar-refractivity contribution in [1.29, 1.82) is 0 Å². The third-order valence-corrected chi connectivity index (χ3v) is 3.47. The van der Waals surface area contributed by atoms with Crippen LogP contribution >= 0.6 is 0 Å². The van der Waals surface area contributed by atoms with Crippen molar-refractivity contribution in [3.8, 4) is 0 Å². The Balaban J connectivity index is 2.39. The number of carbonyl (C=O) groups excluding carboxylic acids is 1. The Morgan fingerprint density at radius 1 is 1.25 bits per heavy atom. The van der Waals surface area contributed by atoms with E-state index in [1.807, 2.05) is 0 Å². The van der Waals surface area contributed by atoms with Gasteiger partial charge in [-0.05, 0) is 19.1 Å². The minimum atomic E-state index is -1.06. The van der Waals surface area contributed by atoms with Crippen molar-refractivity contribution in [2.24, 2.45) is 0 Å². The molecular weight excluding hydrogens is 322 g/mol. The summed E-state index contributed by atoms with van der Waals surface area (Å²) >= 11 is 0. The van der Waals surface area contributed by atoms with Crippen LogP contribution in [0.3, 0.4) is 0 Å². The Labute approximate surface area is 134 Å². The van der Waals surface area contributed by atoms with Crippen LogP contribution in [-0.2, 0) is 4.74 Å². The van der Waals surface area contributed by atoms with Crippen LogP contribution in [0, 0.1) is 11.6 Å². The van der Waals surface area contributed by atoms with E-state index < -0.39 is 23.0 Å². The molecule has 8 heteroatoms. The second-order valence-corrected chi connectivity index (χ2v) is 4.92. The largest absolute Gasteiger partial charge is 0.462 e.